The van der Waals surface area contributed by atoms with Crippen LogP contribution in [0.4, 0.5) is 0 Å². The van der Waals surface area contributed by atoms with Gasteiger partial charge in [-0.3, -0.25) is 20.4 Å². The maximum Gasteiger partial charge on any atom is 0.269 e. The van der Waals surface area contributed by atoms with Gasteiger partial charge >= 0.3 is 0 Å². The molecular weight excluding hydrogens is 320 g/mol. The van der Waals surface area contributed by atoms with E-state index >= 15 is 0 Å². The van der Waals surface area contributed by atoms with Crippen LogP contribution in [0.2, 0.25) is 5.02 Å². The summed E-state index contributed by atoms with van der Waals surface area (Å²) >= 11 is 5.75. The fourth-order valence-electron chi connectivity index (χ4n) is 1.84. The molecule has 23 heavy (non-hydrogen) atoms. The second kappa shape index (κ2) is 7.51. The Labute approximate surface area is 138 Å². The molecule has 6 nitrogen and oxygen atoms in total. The summed E-state index contributed by atoms with van der Waals surface area (Å²) in [6, 6.07) is 11.0. The van der Waals surface area contributed by atoms with Crippen molar-refractivity contribution in [1.82, 2.24) is 10.9 Å². The van der Waals surface area contributed by atoms with Crippen LogP contribution in [0.1, 0.15) is 20.7 Å². The molecule has 0 aliphatic carbocycles. The molecule has 0 bridgehead atoms. The summed E-state index contributed by atoms with van der Waals surface area (Å²) in [7, 11) is 2.98. The van der Waals surface area contributed by atoms with Crippen molar-refractivity contribution < 1.29 is 19.1 Å². The Morgan fingerprint density at radius 1 is 0.826 bits per heavy atom. The average molecular weight is 335 g/mol. The Morgan fingerprint density at radius 3 is 1.91 bits per heavy atom. The number of hydrazine groups is 1. The van der Waals surface area contributed by atoms with Gasteiger partial charge in [0.25, 0.3) is 11.8 Å². The Balaban J connectivity index is 2.02. The van der Waals surface area contributed by atoms with E-state index in [1.54, 1.807) is 36.4 Å². The summed E-state index contributed by atoms with van der Waals surface area (Å²) in [5, 5.41) is 0.524. The van der Waals surface area contributed by atoms with E-state index in [2.05, 4.69) is 10.9 Å². The van der Waals surface area contributed by atoms with Crippen molar-refractivity contribution in [2.45, 2.75) is 0 Å². The van der Waals surface area contributed by atoms with E-state index in [-0.39, 0.29) is 0 Å². The third kappa shape index (κ3) is 4.14. The van der Waals surface area contributed by atoms with Crippen LogP contribution >= 0.6 is 11.6 Å². The standard InChI is InChI=1S/C16H15ClN2O4/c1-22-13-8-5-11(9-14(13)23-2)16(21)19-18-15(20)10-3-6-12(17)7-4-10/h3-9H,1-2H3,(H,18,20)(H,19,21). The highest BCUT2D eigenvalue weighted by Gasteiger charge is 2.12. The van der Waals surface area contributed by atoms with Crippen molar-refractivity contribution in [1.29, 1.82) is 0 Å². The minimum Gasteiger partial charge on any atom is -0.493 e. The lowest BCUT2D eigenvalue weighted by atomic mass is 10.2. The molecule has 0 saturated heterocycles. The lowest BCUT2D eigenvalue weighted by Gasteiger charge is -2.10. The lowest BCUT2D eigenvalue weighted by molar-refractivity contribution is 0.0846. The van der Waals surface area contributed by atoms with Crippen molar-refractivity contribution in [3.63, 3.8) is 0 Å². The van der Waals surface area contributed by atoms with Crippen LogP contribution in [-0.4, -0.2) is 26.0 Å². The zero-order chi connectivity index (χ0) is 16.8. The summed E-state index contributed by atoms with van der Waals surface area (Å²) in [5.41, 5.74) is 5.36. The molecular formula is C16H15ClN2O4. The average Bonchev–Trinajstić information content (AvgIpc) is 2.59. The highest BCUT2D eigenvalue weighted by Crippen LogP contribution is 2.27. The second-order valence-electron chi connectivity index (χ2n) is 4.48. The van der Waals surface area contributed by atoms with Gasteiger partial charge in [-0.2, -0.15) is 0 Å². The highest BCUT2D eigenvalue weighted by molar-refractivity contribution is 6.30. The Kier molecular flexibility index (Phi) is 5.43. The molecule has 120 valence electrons. The number of carbonyl (C=O) groups is 2. The monoisotopic (exact) mass is 334 g/mol. The van der Waals surface area contributed by atoms with Gasteiger partial charge in [0.2, 0.25) is 0 Å². The van der Waals surface area contributed by atoms with Crippen molar-refractivity contribution in [2.75, 3.05) is 14.2 Å². The Morgan fingerprint density at radius 2 is 1.35 bits per heavy atom. The zero-order valence-corrected chi connectivity index (χ0v) is 13.3. The van der Waals surface area contributed by atoms with Crippen LogP contribution in [0, 0.1) is 0 Å². The van der Waals surface area contributed by atoms with Crippen LogP contribution in [0.25, 0.3) is 0 Å². The number of rotatable bonds is 4. The number of nitrogens with one attached hydrogen (secondary N) is 2. The van der Waals surface area contributed by atoms with Crippen LogP contribution in [0.5, 0.6) is 11.5 Å². The predicted molar refractivity (Wildman–Crippen MR) is 85.9 cm³/mol. The van der Waals surface area contributed by atoms with Crippen molar-refractivity contribution in [2.24, 2.45) is 0 Å². The summed E-state index contributed by atoms with van der Waals surface area (Å²) in [5.74, 6) is 0.00203. The predicted octanol–water partition coefficient (Wildman–Crippen LogP) is 2.43. The largest absolute Gasteiger partial charge is 0.493 e. The number of ether oxygens (including phenoxy) is 2. The lowest BCUT2D eigenvalue weighted by Crippen LogP contribution is -2.41. The number of amides is 2. The van der Waals surface area contributed by atoms with E-state index in [0.717, 1.165) is 0 Å². The number of halogens is 1. The van der Waals surface area contributed by atoms with Crippen molar-refractivity contribution >= 4 is 23.4 Å². The number of hydrogen-bond donors (Lipinski definition) is 2. The maximum absolute atomic E-state index is 12.1. The van der Waals surface area contributed by atoms with Gasteiger partial charge in [0, 0.05) is 16.1 Å². The van der Waals surface area contributed by atoms with Gasteiger partial charge < -0.3 is 9.47 Å². The number of hydrogen-bond acceptors (Lipinski definition) is 4. The Hall–Kier alpha value is -2.73. The first-order valence-corrected chi connectivity index (χ1v) is 7.01. The molecule has 0 aliphatic heterocycles. The Bertz CT molecular complexity index is 717. The summed E-state index contributed by atoms with van der Waals surface area (Å²) in [4.78, 5) is 24.0. The molecule has 0 aliphatic rings. The molecule has 0 spiro atoms. The van der Waals surface area contributed by atoms with Gasteiger partial charge in [0.1, 0.15) is 0 Å². The third-order valence-electron chi connectivity index (χ3n) is 3.04. The molecule has 7 heteroatoms. The van der Waals surface area contributed by atoms with E-state index in [0.29, 0.717) is 27.6 Å². The van der Waals surface area contributed by atoms with Gasteiger partial charge in [0.15, 0.2) is 11.5 Å². The molecule has 2 N–H and O–H groups in total. The summed E-state index contributed by atoms with van der Waals surface area (Å²) in [6.45, 7) is 0. The fraction of sp³-hybridized carbons (Fsp3) is 0.125. The van der Waals surface area contributed by atoms with Gasteiger partial charge in [0.05, 0.1) is 14.2 Å². The molecule has 0 aromatic heterocycles. The first kappa shape index (κ1) is 16.6. The van der Waals surface area contributed by atoms with E-state index in [4.69, 9.17) is 21.1 Å². The smallest absolute Gasteiger partial charge is 0.269 e. The van der Waals surface area contributed by atoms with Crippen LogP contribution in [0.3, 0.4) is 0 Å². The van der Waals surface area contributed by atoms with Gasteiger partial charge in [-0.15, -0.1) is 0 Å². The quantitative estimate of drug-likeness (QED) is 0.842. The molecule has 0 unspecified atom stereocenters. The summed E-state index contributed by atoms with van der Waals surface area (Å²) < 4.78 is 10.2. The topological polar surface area (TPSA) is 76.7 Å². The SMILES string of the molecule is COc1ccc(C(=O)NNC(=O)c2ccc(Cl)cc2)cc1OC. The molecule has 0 saturated carbocycles. The number of benzene rings is 2. The molecule has 2 aromatic carbocycles. The van der Waals surface area contributed by atoms with E-state index in [1.807, 2.05) is 0 Å². The van der Waals surface area contributed by atoms with Crippen molar-refractivity contribution in [3.05, 3.63) is 58.6 Å². The highest BCUT2D eigenvalue weighted by atomic mass is 35.5. The summed E-state index contributed by atoms with van der Waals surface area (Å²) in [6.07, 6.45) is 0. The zero-order valence-electron chi connectivity index (χ0n) is 12.6. The van der Waals surface area contributed by atoms with Crippen LogP contribution in [-0.2, 0) is 0 Å². The molecule has 2 rings (SSSR count). The second-order valence-corrected chi connectivity index (χ2v) is 4.92. The molecule has 0 heterocycles. The van der Waals surface area contributed by atoms with Crippen molar-refractivity contribution in [3.8, 4) is 11.5 Å². The minimum atomic E-state index is -0.478. The van der Waals surface area contributed by atoms with Crippen LogP contribution in [0.15, 0.2) is 42.5 Å². The third-order valence-corrected chi connectivity index (χ3v) is 3.29. The molecule has 2 aromatic rings. The van der Waals surface area contributed by atoms with Crippen LogP contribution < -0.4 is 20.3 Å². The first-order valence-electron chi connectivity index (χ1n) is 6.63. The minimum absolute atomic E-state index is 0.319. The molecule has 2 amide bonds. The van der Waals surface area contributed by atoms with Gasteiger partial charge in [-0.05, 0) is 42.5 Å². The fourth-order valence-corrected chi connectivity index (χ4v) is 1.96. The molecule has 0 fully saturated rings. The van der Waals surface area contributed by atoms with E-state index < -0.39 is 11.8 Å². The number of methoxy groups -OCH3 is 2. The van der Waals surface area contributed by atoms with E-state index in [1.165, 1.54) is 20.3 Å². The normalized spacial score (nSPS) is 9.87. The molecule has 0 atom stereocenters. The van der Waals surface area contributed by atoms with Gasteiger partial charge in [-0.1, -0.05) is 11.6 Å². The first-order chi connectivity index (χ1) is 11.0. The maximum atomic E-state index is 12.1. The number of carbonyl (C=O) groups excluding carboxylic acids is 2. The molecule has 0 radical (unpaired) electrons. The van der Waals surface area contributed by atoms with Gasteiger partial charge in [-0.25, -0.2) is 0 Å². The van der Waals surface area contributed by atoms with E-state index in [9.17, 15) is 9.59 Å².